The molecule has 0 amide bonds. The molecule has 1 rings (SSSR count). The molecule has 0 aromatic heterocycles. The van der Waals surface area contributed by atoms with E-state index in [-0.39, 0.29) is 0 Å². The van der Waals surface area contributed by atoms with Gasteiger partial charge in [0.2, 0.25) is 0 Å². The lowest BCUT2D eigenvalue weighted by Gasteiger charge is -2.43. The topological polar surface area (TPSA) is 0 Å². The molecule has 1 unspecified atom stereocenters. The van der Waals surface area contributed by atoms with Crippen LogP contribution in [0.3, 0.4) is 0 Å². The minimum absolute atomic E-state index is 0.891. The van der Waals surface area contributed by atoms with Gasteiger partial charge in [0.15, 0.2) is 0 Å². The van der Waals surface area contributed by atoms with Gasteiger partial charge in [-0.05, 0) is 39.0 Å². The molecule has 0 bridgehead atoms. The number of hydrogen-bond donors (Lipinski definition) is 0. The summed E-state index contributed by atoms with van der Waals surface area (Å²) in [6.45, 7) is 7.62. The SMILES string of the molecule is CCCCCCCC(C)[N+]1(C)CCCCC1. The zero-order chi connectivity index (χ0) is 11.9. The molecule has 1 heterocycles. The second-order valence-electron chi connectivity index (χ2n) is 6.04. The fraction of sp³-hybridized carbons (Fsp3) is 1.00. The van der Waals surface area contributed by atoms with Gasteiger partial charge in [0.05, 0.1) is 26.2 Å². The quantitative estimate of drug-likeness (QED) is 0.447. The second-order valence-corrected chi connectivity index (χ2v) is 6.04. The summed E-state index contributed by atoms with van der Waals surface area (Å²) in [6.07, 6.45) is 13.0. The summed E-state index contributed by atoms with van der Waals surface area (Å²) in [7, 11) is 2.48. The van der Waals surface area contributed by atoms with Crippen molar-refractivity contribution in [3.8, 4) is 0 Å². The number of piperidine rings is 1. The van der Waals surface area contributed by atoms with Gasteiger partial charge in [-0.3, -0.25) is 0 Å². The Morgan fingerprint density at radius 1 is 0.938 bits per heavy atom. The van der Waals surface area contributed by atoms with Gasteiger partial charge in [-0.2, -0.15) is 0 Å². The van der Waals surface area contributed by atoms with Crippen LogP contribution in [0.1, 0.15) is 71.6 Å². The highest BCUT2D eigenvalue weighted by Crippen LogP contribution is 2.23. The Morgan fingerprint density at radius 2 is 1.56 bits per heavy atom. The normalized spacial score (nSPS) is 21.9. The van der Waals surface area contributed by atoms with Crippen molar-refractivity contribution < 1.29 is 4.48 Å². The van der Waals surface area contributed by atoms with E-state index < -0.39 is 0 Å². The summed E-state index contributed by atoms with van der Waals surface area (Å²) in [4.78, 5) is 0. The number of likely N-dealkylation sites (tertiary alicyclic amines) is 1. The first-order valence-electron chi connectivity index (χ1n) is 7.53. The first-order valence-corrected chi connectivity index (χ1v) is 7.53. The van der Waals surface area contributed by atoms with Crippen LogP contribution in [0, 0.1) is 0 Å². The zero-order valence-corrected chi connectivity index (χ0v) is 11.8. The smallest absolute Gasteiger partial charge is 0.0859 e. The minimum atomic E-state index is 0.891. The van der Waals surface area contributed by atoms with E-state index in [9.17, 15) is 0 Å². The molecule has 0 spiro atoms. The molecule has 0 aromatic rings. The molecule has 1 aliphatic heterocycles. The molecule has 0 N–H and O–H groups in total. The monoisotopic (exact) mass is 226 g/mol. The maximum atomic E-state index is 2.48. The molecule has 96 valence electrons. The molecule has 0 aromatic carbocycles. The lowest BCUT2D eigenvalue weighted by atomic mass is 10.0. The van der Waals surface area contributed by atoms with Crippen LogP contribution in [0.4, 0.5) is 0 Å². The van der Waals surface area contributed by atoms with E-state index in [1.54, 1.807) is 0 Å². The van der Waals surface area contributed by atoms with Crippen LogP contribution in [0.2, 0.25) is 0 Å². The third kappa shape index (κ3) is 4.45. The average molecular weight is 226 g/mol. The van der Waals surface area contributed by atoms with E-state index in [0.717, 1.165) is 6.04 Å². The Bertz CT molecular complexity index is 170. The zero-order valence-electron chi connectivity index (χ0n) is 11.8. The maximum absolute atomic E-state index is 2.48. The molecule has 1 fully saturated rings. The van der Waals surface area contributed by atoms with Crippen LogP contribution in [0.5, 0.6) is 0 Å². The van der Waals surface area contributed by atoms with Gasteiger partial charge < -0.3 is 4.48 Å². The van der Waals surface area contributed by atoms with Crippen molar-refractivity contribution >= 4 is 0 Å². The Morgan fingerprint density at radius 3 is 2.19 bits per heavy atom. The lowest BCUT2D eigenvalue weighted by Crippen LogP contribution is -2.53. The average Bonchev–Trinajstić information content (AvgIpc) is 2.29. The van der Waals surface area contributed by atoms with Crippen LogP contribution in [0.15, 0.2) is 0 Å². The van der Waals surface area contributed by atoms with Crippen molar-refractivity contribution in [3.63, 3.8) is 0 Å². The van der Waals surface area contributed by atoms with Crippen LogP contribution >= 0.6 is 0 Å². The summed E-state index contributed by atoms with van der Waals surface area (Å²) < 4.78 is 1.35. The highest BCUT2D eigenvalue weighted by molar-refractivity contribution is 4.59. The van der Waals surface area contributed by atoms with Gasteiger partial charge in [0.25, 0.3) is 0 Å². The molecule has 1 nitrogen and oxygen atoms in total. The summed E-state index contributed by atoms with van der Waals surface area (Å²) >= 11 is 0. The van der Waals surface area contributed by atoms with Crippen LogP contribution in [0.25, 0.3) is 0 Å². The first-order chi connectivity index (χ1) is 7.69. The highest BCUT2D eigenvalue weighted by atomic mass is 15.4. The lowest BCUT2D eigenvalue weighted by molar-refractivity contribution is -0.936. The van der Waals surface area contributed by atoms with Crippen molar-refractivity contribution in [2.24, 2.45) is 0 Å². The predicted octanol–water partition coefficient (Wildman–Crippen LogP) is 4.37. The molecule has 0 saturated carbocycles. The molecule has 0 radical (unpaired) electrons. The van der Waals surface area contributed by atoms with Crippen LogP contribution in [-0.4, -0.2) is 30.7 Å². The molecule has 1 saturated heterocycles. The van der Waals surface area contributed by atoms with Gasteiger partial charge in [0, 0.05) is 0 Å². The van der Waals surface area contributed by atoms with Gasteiger partial charge in [-0.15, -0.1) is 0 Å². The first kappa shape index (κ1) is 14.0. The van der Waals surface area contributed by atoms with E-state index >= 15 is 0 Å². The number of rotatable bonds is 7. The molecular formula is C15H32N+. The second kappa shape index (κ2) is 7.32. The number of hydrogen-bond acceptors (Lipinski definition) is 0. The van der Waals surface area contributed by atoms with Crippen molar-refractivity contribution in [1.29, 1.82) is 0 Å². The number of unbranched alkanes of at least 4 members (excludes halogenated alkanes) is 4. The van der Waals surface area contributed by atoms with Gasteiger partial charge in [0.1, 0.15) is 0 Å². The molecule has 16 heavy (non-hydrogen) atoms. The van der Waals surface area contributed by atoms with E-state index in [0.29, 0.717) is 0 Å². The van der Waals surface area contributed by atoms with Crippen molar-refractivity contribution in [2.75, 3.05) is 20.1 Å². The third-order valence-electron chi connectivity index (χ3n) is 4.63. The largest absolute Gasteiger partial charge is 0.324 e. The Kier molecular flexibility index (Phi) is 6.41. The molecular weight excluding hydrogens is 194 g/mol. The summed E-state index contributed by atoms with van der Waals surface area (Å²) in [5, 5.41) is 0. The Labute approximate surface area is 103 Å². The van der Waals surface area contributed by atoms with Gasteiger partial charge in [-0.25, -0.2) is 0 Å². The molecule has 1 heteroatoms. The van der Waals surface area contributed by atoms with Crippen LogP contribution in [-0.2, 0) is 0 Å². The standard InChI is InChI=1S/C15H32N/c1-4-5-6-7-9-12-15(2)16(3)13-10-8-11-14-16/h15H,4-14H2,1-3H3/q+1. The predicted molar refractivity (Wildman–Crippen MR) is 72.6 cm³/mol. The fourth-order valence-electron chi connectivity index (χ4n) is 3.03. The van der Waals surface area contributed by atoms with E-state index in [2.05, 4.69) is 20.9 Å². The van der Waals surface area contributed by atoms with E-state index in [4.69, 9.17) is 0 Å². The molecule has 1 atom stereocenters. The minimum Gasteiger partial charge on any atom is -0.324 e. The number of quaternary nitrogens is 1. The van der Waals surface area contributed by atoms with Crippen molar-refractivity contribution in [3.05, 3.63) is 0 Å². The van der Waals surface area contributed by atoms with Gasteiger partial charge in [-0.1, -0.05) is 32.6 Å². The Balaban J connectivity index is 2.15. The Hall–Kier alpha value is -0.0400. The van der Waals surface area contributed by atoms with E-state index in [1.807, 2.05) is 0 Å². The van der Waals surface area contributed by atoms with E-state index in [1.165, 1.54) is 75.4 Å². The van der Waals surface area contributed by atoms with Gasteiger partial charge >= 0.3 is 0 Å². The summed E-state index contributed by atoms with van der Waals surface area (Å²) in [5.41, 5.74) is 0. The highest BCUT2D eigenvalue weighted by Gasteiger charge is 2.30. The fourth-order valence-corrected chi connectivity index (χ4v) is 3.03. The third-order valence-corrected chi connectivity index (χ3v) is 4.63. The molecule has 1 aliphatic rings. The molecule has 0 aliphatic carbocycles. The van der Waals surface area contributed by atoms with Crippen LogP contribution < -0.4 is 0 Å². The van der Waals surface area contributed by atoms with Crippen molar-refractivity contribution in [1.82, 2.24) is 0 Å². The number of nitrogens with zero attached hydrogens (tertiary/aromatic N) is 1. The maximum Gasteiger partial charge on any atom is 0.0859 e. The summed E-state index contributed by atoms with van der Waals surface area (Å²) in [6, 6.07) is 0.891. The summed E-state index contributed by atoms with van der Waals surface area (Å²) in [5.74, 6) is 0. The van der Waals surface area contributed by atoms with Crippen molar-refractivity contribution in [2.45, 2.75) is 77.7 Å².